The lowest BCUT2D eigenvalue weighted by Crippen LogP contribution is -2.36. The number of allylic oxidation sites excluding steroid dienone is 2. The van der Waals surface area contributed by atoms with Gasteiger partial charge in [0.05, 0.1) is 0 Å². The summed E-state index contributed by atoms with van der Waals surface area (Å²) in [6, 6.07) is 8.05. The van der Waals surface area contributed by atoms with E-state index in [0.29, 0.717) is 0 Å². The van der Waals surface area contributed by atoms with Crippen molar-refractivity contribution in [2.75, 3.05) is 6.54 Å². The fourth-order valence-corrected chi connectivity index (χ4v) is 1.75. The number of para-hydroxylation sites is 1. The van der Waals surface area contributed by atoms with Crippen LogP contribution >= 0.6 is 0 Å². The standard InChI is InChI=1S/C15H11NO7/c17-9-6-10(23-8-4-2-1-3-5-8)14(21)12(13(9)20)15(22)16-7-11(18)19/h1-6,20H,7H2,(H,16,22)(H,18,19). The van der Waals surface area contributed by atoms with Gasteiger partial charge in [-0.15, -0.1) is 0 Å². The summed E-state index contributed by atoms with van der Waals surface area (Å²) in [6.07, 6.45) is 0.763. The molecule has 0 atom stereocenters. The van der Waals surface area contributed by atoms with E-state index in [2.05, 4.69) is 0 Å². The molecule has 0 bridgehead atoms. The Hall–Kier alpha value is -3.42. The lowest BCUT2D eigenvalue weighted by atomic mass is 9.99. The molecule has 2 rings (SSSR count). The van der Waals surface area contributed by atoms with Crippen LogP contribution in [0.15, 0.2) is 53.5 Å². The highest BCUT2D eigenvalue weighted by Gasteiger charge is 2.34. The number of carboxylic acids is 1. The molecule has 0 saturated heterocycles. The van der Waals surface area contributed by atoms with Crippen molar-refractivity contribution in [2.24, 2.45) is 0 Å². The van der Waals surface area contributed by atoms with Gasteiger partial charge < -0.3 is 20.3 Å². The zero-order valence-electron chi connectivity index (χ0n) is 11.6. The molecule has 1 aliphatic carbocycles. The monoisotopic (exact) mass is 317 g/mol. The van der Waals surface area contributed by atoms with E-state index in [9.17, 15) is 24.3 Å². The minimum atomic E-state index is -1.34. The van der Waals surface area contributed by atoms with Crippen LogP contribution in [0.2, 0.25) is 0 Å². The van der Waals surface area contributed by atoms with Crippen LogP contribution in [0.4, 0.5) is 0 Å². The van der Waals surface area contributed by atoms with Crippen molar-refractivity contribution in [3.63, 3.8) is 0 Å². The average Bonchev–Trinajstić information content (AvgIpc) is 2.52. The molecule has 118 valence electrons. The van der Waals surface area contributed by atoms with Crippen LogP contribution in [-0.4, -0.2) is 40.2 Å². The van der Waals surface area contributed by atoms with Gasteiger partial charge in [0.2, 0.25) is 11.6 Å². The van der Waals surface area contributed by atoms with Crippen molar-refractivity contribution in [3.8, 4) is 5.75 Å². The number of carbonyl (C=O) groups is 4. The Morgan fingerprint density at radius 3 is 2.39 bits per heavy atom. The second-order valence-electron chi connectivity index (χ2n) is 4.42. The maximum Gasteiger partial charge on any atom is 0.322 e. The van der Waals surface area contributed by atoms with E-state index in [1.165, 1.54) is 12.1 Å². The second-order valence-corrected chi connectivity index (χ2v) is 4.42. The Kier molecular flexibility index (Phi) is 4.55. The summed E-state index contributed by atoms with van der Waals surface area (Å²) in [5, 5.41) is 20.0. The first-order chi connectivity index (χ1) is 10.9. The molecule has 0 fully saturated rings. The molecular weight excluding hydrogens is 306 g/mol. The van der Waals surface area contributed by atoms with E-state index in [4.69, 9.17) is 9.84 Å². The quantitative estimate of drug-likeness (QED) is 0.519. The topological polar surface area (TPSA) is 130 Å². The number of hydrogen-bond donors (Lipinski definition) is 3. The van der Waals surface area contributed by atoms with Gasteiger partial charge in [-0.05, 0) is 12.1 Å². The lowest BCUT2D eigenvalue weighted by Gasteiger charge is -2.15. The van der Waals surface area contributed by atoms with E-state index in [1.807, 2.05) is 5.32 Å². The first-order valence-electron chi connectivity index (χ1n) is 6.37. The maximum absolute atomic E-state index is 12.2. The molecule has 0 heterocycles. The molecule has 0 unspecified atom stereocenters. The maximum atomic E-state index is 12.2. The molecule has 0 aromatic heterocycles. The van der Waals surface area contributed by atoms with Gasteiger partial charge >= 0.3 is 5.97 Å². The van der Waals surface area contributed by atoms with Crippen LogP contribution in [0, 0.1) is 0 Å². The van der Waals surface area contributed by atoms with Gasteiger partial charge in [0.1, 0.15) is 17.9 Å². The summed E-state index contributed by atoms with van der Waals surface area (Å²) in [4.78, 5) is 46.1. The average molecular weight is 317 g/mol. The number of amides is 1. The minimum Gasteiger partial charge on any atom is -0.503 e. The highest BCUT2D eigenvalue weighted by molar-refractivity contribution is 6.32. The predicted octanol–water partition coefficient (Wildman–Crippen LogP) is 0.114. The lowest BCUT2D eigenvalue weighted by molar-refractivity contribution is -0.137. The summed E-state index contributed by atoms with van der Waals surface area (Å²) >= 11 is 0. The highest BCUT2D eigenvalue weighted by atomic mass is 16.5. The van der Waals surface area contributed by atoms with Crippen LogP contribution in [-0.2, 0) is 19.2 Å². The molecule has 0 saturated carbocycles. The summed E-state index contributed by atoms with van der Waals surface area (Å²) < 4.78 is 5.24. The Bertz CT molecular complexity index is 746. The van der Waals surface area contributed by atoms with Gasteiger partial charge in [-0.3, -0.25) is 19.2 Å². The summed E-state index contributed by atoms with van der Waals surface area (Å²) in [5.74, 6) is -5.77. The molecule has 1 aromatic rings. The van der Waals surface area contributed by atoms with Gasteiger partial charge in [0.15, 0.2) is 11.5 Å². The van der Waals surface area contributed by atoms with Crippen molar-refractivity contribution in [1.82, 2.24) is 5.32 Å². The summed E-state index contributed by atoms with van der Waals surface area (Å²) in [7, 11) is 0. The zero-order chi connectivity index (χ0) is 17.0. The van der Waals surface area contributed by atoms with Gasteiger partial charge in [0, 0.05) is 6.08 Å². The number of carboxylic acid groups (broad SMARTS) is 1. The highest BCUT2D eigenvalue weighted by Crippen LogP contribution is 2.21. The number of ketones is 2. The molecule has 0 spiro atoms. The van der Waals surface area contributed by atoms with E-state index in [-0.39, 0.29) is 5.75 Å². The minimum absolute atomic E-state index is 0.256. The SMILES string of the molecule is O=C(O)CNC(=O)C1=C(O)C(=O)C=C(Oc2ccccc2)C1=O. The van der Waals surface area contributed by atoms with Gasteiger partial charge in [0.25, 0.3) is 5.91 Å². The Morgan fingerprint density at radius 2 is 1.78 bits per heavy atom. The van der Waals surface area contributed by atoms with Crippen molar-refractivity contribution in [1.29, 1.82) is 0 Å². The zero-order valence-corrected chi connectivity index (χ0v) is 11.6. The fourth-order valence-electron chi connectivity index (χ4n) is 1.75. The third kappa shape index (κ3) is 3.62. The smallest absolute Gasteiger partial charge is 0.322 e. The van der Waals surface area contributed by atoms with Crippen LogP contribution in [0.25, 0.3) is 0 Å². The van der Waals surface area contributed by atoms with Crippen LogP contribution < -0.4 is 10.1 Å². The Labute approximate surface area is 129 Å². The third-order valence-corrected chi connectivity index (χ3v) is 2.78. The van der Waals surface area contributed by atoms with Gasteiger partial charge in [-0.2, -0.15) is 0 Å². The molecule has 23 heavy (non-hydrogen) atoms. The fraction of sp³-hybridized carbons (Fsp3) is 0.0667. The largest absolute Gasteiger partial charge is 0.503 e. The van der Waals surface area contributed by atoms with Crippen molar-refractivity contribution >= 4 is 23.4 Å². The van der Waals surface area contributed by atoms with Gasteiger partial charge in [-0.1, -0.05) is 18.2 Å². The molecule has 3 N–H and O–H groups in total. The van der Waals surface area contributed by atoms with E-state index >= 15 is 0 Å². The number of nitrogens with one attached hydrogen (secondary N) is 1. The van der Waals surface area contributed by atoms with Crippen LogP contribution in [0.3, 0.4) is 0 Å². The molecule has 1 amide bonds. The first kappa shape index (κ1) is 16.0. The number of hydrogen-bond acceptors (Lipinski definition) is 6. The molecule has 0 aliphatic heterocycles. The molecular formula is C15H11NO7. The van der Waals surface area contributed by atoms with Crippen LogP contribution in [0.5, 0.6) is 5.75 Å². The van der Waals surface area contributed by atoms with E-state index < -0.39 is 47.1 Å². The van der Waals surface area contributed by atoms with E-state index in [0.717, 1.165) is 6.08 Å². The molecule has 8 nitrogen and oxygen atoms in total. The van der Waals surface area contributed by atoms with Crippen molar-refractivity contribution in [3.05, 3.63) is 53.5 Å². The molecule has 0 radical (unpaired) electrons. The molecule has 1 aliphatic rings. The summed E-state index contributed by atoms with van der Waals surface area (Å²) in [6.45, 7) is -0.768. The van der Waals surface area contributed by atoms with Crippen molar-refractivity contribution in [2.45, 2.75) is 0 Å². The molecule has 8 heteroatoms. The van der Waals surface area contributed by atoms with Crippen LogP contribution in [0.1, 0.15) is 0 Å². The number of carbonyl (C=O) groups excluding carboxylic acids is 3. The number of aliphatic hydroxyl groups excluding tert-OH is 1. The Balaban J connectivity index is 2.24. The number of benzene rings is 1. The summed E-state index contributed by atoms with van der Waals surface area (Å²) in [5.41, 5.74) is -0.857. The number of ether oxygens (including phenoxy) is 1. The molecule has 1 aromatic carbocycles. The number of Topliss-reactive ketones (excluding diaryl/α,β-unsaturated/α-hetero) is 1. The predicted molar refractivity (Wildman–Crippen MR) is 75.5 cm³/mol. The Morgan fingerprint density at radius 1 is 1.13 bits per heavy atom. The third-order valence-electron chi connectivity index (χ3n) is 2.78. The van der Waals surface area contributed by atoms with Gasteiger partial charge in [-0.25, -0.2) is 0 Å². The number of aliphatic hydroxyl groups is 1. The number of aliphatic carboxylic acids is 1. The first-order valence-corrected chi connectivity index (χ1v) is 6.37. The number of rotatable bonds is 5. The second kappa shape index (κ2) is 6.56. The van der Waals surface area contributed by atoms with E-state index in [1.54, 1.807) is 18.2 Å². The van der Waals surface area contributed by atoms with Crippen molar-refractivity contribution < 1.29 is 34.1 Å². The normalized spacial score (nSPS) is 14.3.